The number of benzene rings is 1. The van der Waals surface area contributed by atoms with E-state index in [2.05, 4.69) is 10.6 Å². The number of rotatable bonds is 2. The normalized spacial score (nSPS) is 18.9. The van der Waals surface area contributed by atoms with Crippen molar-refractivity contribution in [3.05, 3.63) is 41.2 Å². The molecule has 4 rings (SSSR count). The zero-order chi connectivity index (χ0) is 18.3. The van der Waals surface area contributed by atoms with Crippen LogP contribution in [0.5, 0.6) is 5.75 Å². The molecule has 2 aromatic rings. The van der Waals surface area contributed by atoms with Crippen LogP contribution in [-0.2, 0) is 11.8 Å². The number of hydrogen-bond donors (Lipinski definition) is 2. The SMILES string of the molecule is Cn1cccc1[C@H]1CCCN1C(=O)Nc1cc2c(cc1Cl)NC(=O)CO2. The second kappa shape index (κ2) is 6.57. The van der Waals surface area contributed by atoms with Crippen LogP contribution in [0.25, 0.3) is 0 Å². The number of ether oxygens (including phenoxy) is 1. The van der Waals surface area contributed by atoms with E-state index in [9.17, 15) is 9.59 Å². The first kappa shape index (κ1) is 16.8. The van der Waals surface area contributed by atoms with Crippen LogP contribution in [0.15, 0.2) is 30.5 Å². The molecule has 2 aliphatic rings. The smallest absolute Gasteiger partial charge is 0.322 e. The molecule has 8 heteroatoms. The monoisotopic (exact) mass is 374 g/mol. The maximum atomic E-state index is 12.8. The molecule has 0 unspecified atom stereocenters. The molecule has 7 nitrogen and oxygen atoms in total. The lowest BCUT2D eigenvalue weighted by molar-refractivity contribution is -0.118. The summed E-state index contributed by atoms with van der Waals surface area (Å²) in [5, 5.41) is 5.92. The number of carbonyl (C=O) groups excluding carboxylic acids is 2. The van der Waals surface area contributed by atoms with Crippen LogP contribution >= 0.6 is 11.6 Å². The van der Waals surface area contributed by atoms with E-state index in [1.807, 2.05) is 34.8 Å². The van der Waals surface area contributed by atoms with Crippen molar-refractivity contribution in [3.8, 4) is 5.75 Å². The van der Waals surface area contributed by atoms with Gasteiger partial charge in [-0.25, -0.2) is 4.79 Å². The van der Waals surface area contributed by atoms with Gasteiger partial charge < -0.3 is 24.8 Å². The molecule has 1 aromatic heterocycles. The van der Waals surface area contributed by atoms with E-state index in [-0.39, 0.29) is 24.6 Å². The summed E-state index contributed by atoms with van der Waals surface area (Å²) in [5.74, 6) is 0.262. The molecule has 0 radical (unpaired) electrons. The second-order valence-corrected chi connectivity index (χ2v) is 6.90. The number of hydrogen-bond acceptors (Lipinski definition) is 3. The zero-order valence-corrected chi connectivity index (χ0v) is 15.0. The van der Waals surface area contributed by atoms with Crippen LogP contribution in [0, 0.1) is 0 Å². The summed E-state index contributed by atoms with van der Waals surface area (Å²) in [4.78, 5) is 26.1. The number of likely N-dealkylation sites (tertiary alicyclic amines) is 1. The molecule has 0 aliphatic carbocycles. The Bertz CT molecular complexity index is 879. The van der Waals surface area contributed by atoms with Crippen LogP contribution < -0.4 is 15.4 Å². The molecule has 26 heavy (non-hydrogen) atoms. The number of urea groups is 1. The van der Waals surface area contributed by atoms with Gasteiger partial charge in [0.1, 0.15) is 5.75 Å². The molecule has 0 bridgehead atoms. The van der Waals surface area contributed by atoms with Gasteiger partial charge in [0.2, 0.25) is 0 Å². The number of fused-ring (bicyclic) bond motifs is 1. The molecule has 1 saturated heterocycles. The average Bonchev–Trinajstić information content (AvgIpc) is 3.24. The lowest BCUT2D eigenvalue weighted by Gasteiger charge is -2.26. The zero-order valence-electron chi connectivity index (χ0n) is 14.3. The van der Waals surface area contributed by atoms with E-state index >= 15 is 0 Å². The number of halogens is 1. The van der Waals surface area contributed by atoms with Crippen molar-refractivity contribution in [1.29, 1.82) is 0 Å². The highest BCUT2D eigenvalue weighted by atomic mass is 35.5. The Balaban J connectivity index is 1.55. The predicted octanol–water partition coefficient (Wildman–Crippen LogP) is 3.38. The highest BCUT2D eigenvalue weighted by molar-refractivity contribution is 6.34. The maximum absolute atomic E-state index is 12.8. The van der Waals surface area contributed by atoms with Gasteiger partial charge in [0.05, 0.1) is 22.4 Å². The van der Waals surface area contributed by atoms with E-state index in [0.29, 0.717) is 28.7 Å². The Labute approximate surface area is 155 Å². The van der Waals surface area contributed by atoms with Gasteiger partial charge in [-0.1, -0.05) is 11.6 Å². The Hall–Kier alpha value is -2.67. The summed E-state index contributed by atoms with van der Waals surface area (Å²) >= 11 is 6.28. The van der Waals surface area contributed by atoms with Crippen LogP contribution in [-0.4, -0.2) is 34.6 Å². The Morgan fingerprint density at radius 3 is 3.04 bits per heavy atom. The van der Waals surface area contributed by atoms with Crippen molar-refractivity contribution < 1.29 is 14.3 Å². The predicted molar refractivity (Wildman–Crippen MR) is 98.7 cm³/mol. The average molecular weight is 375 g/mol. The fourth-order valence-electron chi connectivity index (χ4n) is 3.52. The van der Waals surface area contributed by atoms with E-state index in [1.54, 1.807) is 12.1 Å². The van der Waals surface area contributed by atoms with Crippen molar-refractivity contribution in [3.63, 3.8) is 0 Å². The van der Waals surface area contributed by atoms with Crippen molar-refractivity contribution in [1.82, 2.24) is 9.47 Å². The lowest BCUT2D eigenvalue weighted by atomic mass is 10.1. The lowest BCUT2D eigenvalue weighted by Crippen LogP contribution is -2.35. The van der Waals surface area contributed by atoms with Gasteiger partial charge in [0.25, 0.3) is 5.91 Å². The Morgan fingerprint density at radius 1 is 1.42 bits per heavy atom. The topological polar surface area (TPSA) is 75.6 Å². The molecular weight excluding hydrogens is 356 g/mol. The molecule has 3 amide bonds. The molecular formula is C18H19ClN4O3. The standard InChI is InChI=1S/C18H19ClN4O3/c1-22-6-2-4-14(22)15-5-3-7-23(15)18(25)21-12-9-16-13(8-11(12)19)20-17(24)10-26-16/h2,4,6,8-9,15H,3,5,7,10H2,1H3,(H,20,24)(H,21,25)/t15-/m1/s1. The minimum Gasteiger partial charge on any atom is -0.482 e. The quantitative estimate of drug-likeness (QED) is 0.846. The summed E-state index contributed by atoms with van der Waals surface area (Å²) in [5.41, 5.74) is 2.08. The summed E-state index contributed by atoms with van der Waals surface area (Å²) in [6.45, 7) is 0.639. The van der Waals surface area contributed by atoms with Gasteiger partial charge in [-0.15, -0.1) is 0 Å². The maximum Gasteiger partial charge on any atom is 0.322 e. The minimum atomic E-state index is -0.229. The van der Waals surface area contributed by atoms with E-state index in [1.165, 1.54) is 0 Å². The molecule has 0 spiro atoms. The van der Waals surface area contributed by atoms with Crippen molar-refractivity contribution in [2.24, 2.45) is 7.05 Å². The van der Waals surface area contributed by atoms with Crippen molar-refractivity contribution in [2.45, 2.75) is 18.9 Å². The number of nitrogens with one attached hydrogen (secondary N) is 2. The molecule has 0 saturated carbocycles. The number of amides is 3. The van der Waals surface area contributed by atoms with Gasteiger partial charge in [-0.2, -0.15) is 0 Å². The van der Waals surface area contributed by atoms with Crippen LogP contribution in [0.2, 0.25) is 5.02 Å². The number of carbonyl (C=O) groups is 2. The summed E-state index contributed by atoms with van der Waals surface area (Å²) in [6, 6.07) is 7.09. The van der Waals surface area contributed by atoms with Gasteiger partial charge in [-0.05, 0) is 31.0 Å². The Kier molecular flexibility index (Phi) is 4.24. The van der Waals surface area contributed by atoms with Gasteiger partial charge >= 0.3 is 6.03 Å². The fraction of sp³-hybridized carbons (Fsp3) is 0.333. The summed E-state index contributed by atoms with van der Waals surface area (Å²) in [7, 11) is 1.98. The van der Waals surface area contributed by atoms with Gasteiger partial charge in [0, 0.05) is 31.5 Å². The third-order valence-electron chi connectivity index (χ3n) is 4.78. The summed E-state index contributed by atoms with van der Waals surface area (Å²) in [6.07, 6.45) is 3.87. The van der Waals surface area contributed by atoms with Crippen molar-refractivity contribution >= 4 is 34.9 Å². The van der Waals surface area contributed by atoms with E-state index < -0.39 is 0 Å². The Morgan fingerprint density at radius 2 is 2.27 bits per heavy atom. The van der Waals surface area contributed by atoms with Crippen molar-refractivity contribution in [2.75, 3.05) is 23.8 Å². The second-order valence-electron chi connectivity index (χ2n) is 6.49. The highest BCUT2D eigenvalue weighted by Gasteiger charge is 2.32. The van der Waals surface area contributed by atoms with E-state index in [0.717, 1.165) is 18.5 Å². The van der Waals surface area contributed by atoms with Gasteiger partial charge in [0.15, 0.2) is 6.61 Å². The number of nitrogens with zero attached hydrogens (tertiary/aromatic N) is 2. The van der Waals surface area contributed by atoms with Crippen LogP contribution in [0.3, 0.4) is 0 Å². The van der Waals surface area contributed by atoms with Gasteiger partial charge in [-0.3, -0.25) is 4.79 Å². The molecule has 2 N–H and O–H groups in total. The number of aryl methyl sites for hydroxylation is 1. The first-order chi connectivity index (χ1) is 12.5. The highest BCUT2D eigenvalue weighted by Crippen LogP contribution is 2.37. The largest absolute Gasteiger partial charge is 0.482 e. The molecule has 136 valence electrons. The number of anilines is 2. The fourth-order valence-corrected chi connectivity index (χ4v) is 3.73. The molecule has 2 aliphatic heterocycles. The van der Waals surface area contributed by atoms with Crippen LogP contribution in [0.1, 0.15) is 24.6 Å². The molecule has 1 atom stereocenters. The first-order valence-corrected chi connectivity index (χ1v) is 8.86. The van der Waals surface area contributed by atoms with E-state index in [4.69, 9.17) is 16.3 Å². The minimum absolute atomic E-state index is 0.0435. The third kappa shape index (κ3) is 2.99. The first-order valence-electron chi connectivity index (χ1n) is 8.48. The summed E-state index contributed by atoms with van der Waals surface area (Å²) < 4.78 is 7.44. The third-order valence-corrected chi connectivity index (χ3v) is 5.10. The molecule has 3 heterocycles. The number of aromatic nitrogens is 1. The molecule has 1 aromatic carbocycles. The molecule has 1 fully saturated rings. The van der Waals surface area contributed by atoms with Crippen LogP contribution in [0.4, 0.5) is 16.2 Å².